The van der Waals surface area contributed by atoms with E-state index in [2.05, 4.69) is 34.0 Å². The summed E-state index contributed by atoms with van der Waals surface area (Å²) in [7, 11) is 0. The van der Waals surface area contributed by atoms with Crippen molar-refractivity contribution in [3.05, 3.63) is 47.8 Å². The van der Waals surface area contributed by atoms with Gasteiger partial charge in [-0.15, -0.1) is 0 Å². The molecule has 7 heteroatoms. The molecule has 0 aliphatic carbocycles. The average molecular weight is 355 g/mol. The Balaban J connectivity index is 1.37. The van der Waals surface area contributed by atoms with Gasteiger partial charge in [-0.3, -0.25) is 0 Å². The monoisotopic (exact) mass is 355 g/mol. The topological polar surface area (TPSA) is 70.6 Å². The molecule has 1 saturated heterocycles. The first-order valence-corrected chi connectivity index (χ1v) is 8.88. The van der Waals surface area contributed by atoms with Crippen molar-refractivity contribution < 1.29 is 9.53 Å². The smallest absolute Gasteiger partial charge is 0.317 e. The lowest BCUT2D eigenvalue weighted by atomic mass is 10.1. The summed E-state index contributed by atoms with van der Waals surface area (Å²) in [6, 6.07) is 7.76. The zero-order valence-electron chi connectivity index (χ0n) is 15.3. The lowest BCUT2D eigenvalue weighted by molar-refractivity contribution is 0.191. The first-order chi connectivity index (χ1) is 12.6. The average Bonchev–Trinajstić information content (AvgIpc) is 2.68. The van der Waals surface area contributed by atoms with Gasteiger partial charge in [0.25, 0.3) is 0 Å². The second kappa shape index (κ2) is 8.51. The van der Waals surface area contributed by atoms with Gasteiger partial charge in [-0.05, 0) is 43.2 Å². The number of hydrogen-bond donors (Lipinski definition) is 1. The number of aryl methyl sites for hydroxylation is 2. The van der Waals surface area contributed by atoms with Gasteiger partial charge in [-0.1, -0.05) is 6.07 Å². The molecule has 0 unspecified atom stereocenters. The van der Waals surface area contributed by atoms with Gasteiger partial charge in [0.1, 0.15) is 12.4 Å². The largest absolute Gasteiger partial charge is 0.492 e. The third kappa shape index (κ3) is 4.62. The van der Waals surface area contributed by atoms with E-state index in [4.69, 9.17) is 4.74 Å². The van der Waals surface area contributed by atoms with Crippen LogP contribution in [0, 0.1) is 13.8 Å². The Morgan fingerprint density at radius 2 is 1.85 bits per heavy atom. The van der Waals surface area contributed by atoms with Crippen molar-refractivity contribution in [3.63, 3.8) is 0 Å². The van der Waals surface area contributed by atoms with Gasteiger partial charge in [0.2, 0.25) is 5.95 Å². The van der Waals surface area contributed by atoms with Gasteiger partial charge in [0.15, 0.2) is 0 Å². The molecule has 0 atom stereocenters. The predicted molar refractivity (Wildman–Crippen MR) is 101 cm³/mol. The minimum atomic E-state index is -0.0534. The van der Waals surface area contributed by atoms with E-state index in [0.717, 1.165) is 18.8 Å². The number of aromatic nitrogens is 2. The summed E-state index contributed by atoms with van der Waals surface area (Å²) < 4.78 is 5.70. The number of nitrogens with zero attached hydrogens (tertiary/aromatic N) is 4. The fraction of sp³-hybridized carbons (Fsp3) is 0.421. The molecule has 26 heavy (non-hydrogen) atoms. The lowest BCUT2D eigenvalue weighted by Crippen LogP contribution is -2.52. The minimum Gasteiger partial charge on any atom is -0.492 e. The highest BCUT2D eigenvalue weighted by molar-refractivity contribution is 5.74. The van der Waals surface area contributed by atoms with Crippen LogP contribution in [-0.2, 0) is 0 Å². The molecule has 1 fully saturated rings. The van der Waals surface area contributed by atoms with Crippen molar-refractivity contribution in [1.29, 1.82) is 0 Å². The molecule has 1 aromatic heterocycles. The number of benzene rings is 1. The molecular formula is C19H25N5O2. The van der Waals surface area contributed by atoms with Crippen LogP contribution in [-0.4, -0.2) is 60.2 Å². The van der Waals surface area contributed by atoms with Crippen LogP contribution in [0.2, 0.25) is 0 Å². The van der Waals surface area contributed by atoms with Crippen molar-refractivity contribution in [3.8, 4) is 5.75 Å². The van der Waals surface area contributed by atoms with Crippen molar-refractivity contribution >= 4 is 12.0 Å². The Labute approximate surface area is 154 Å². The molecule has 1 aliphatic rings. The van der Waals surface area contributed by atoms with E-state index in [1.807, 2.05) is 23.1 Å². The second-order valence-electron chi connectivity index (χ2n) is 6.35. The number of rotatable bonds is 5. The van der Waals surface area contributed by atoms with Gasteiger partial charge in [0, 0.05) is 38.6 Å². The molecule has 2 aromatic rings. The highest BCUT2D eigenvalue weighted by Crippen LogP contribution is 2.16. The summed E-state index contributed by atoms with van der Waals surface area (Å²) >= 11 is 0. The number of hydrogen-bond acceptors (Lipinski definition) is 5. The van der Waals surface area contributed by atoms with Crippen LogP contribution in [0.5, 0.6) is 5.75 Å². The Morgan fingerprint density at radius 3 is 2.54 bits per heavy atom. The highest BCUT2D eigenvalue weighted by atomic mass is 16.5. The zero-order chi connectivity index (χ0) is 18.4. The summed E-state index contributed by atoms with van der Waals surface area (Å²) in [5.41, 5.74) is 2.44. The van der Waals surface area contributed by atoms with Gasteiger partial charge >= 0.3 is 6.03 Å². The quantitative estimate of drug-likeness (QED) is 0.831. The molecule has 3 rings (SSSR count). The number of piperazine rings is 1. The van der Waals surface area contributed by atoms with E-state index in [9.17, 15) is 4.79 Å². The number of amides is 2. The third-order valence-corrected chi connectivity index (χ3v) is 4.53. The van der Waals surface area contributed by atoms with Gasteiger partial charge in [0.05, 0.1) is 6.54 Å². The maximum Gasteiger partial charge on any atom is 0.317 e. The summed E-state index contributed by atoms with van der Waals surface area (Å²) in [5.74, 6) is 1.55. The molecule has 1 aliphatic heterocycles. The molecule has 0 radical (unpaired) electrons. The molecule has 2 amide bonds. The van der Waals surface area contributed by atoms with Crippen LogP contribution in [0.15, 0.2) is 36.7 Å². The maximum absolute atomic E-state index is 12.3. The summed E-state index contributed by atoms with van der Waals surface area (Å²) in [6.07, 6.45) is 3.47. The van der Waals surface area contributed by atoms with Crippen molar-refractivity contribution in [1.82, 2.24) is 20.2 Å². The van der Waals surface area contributed by atoms with Crippen LogP contribution in [0.1, 0.15) is 11.1 Å². The van der Waals surface area contributed by atoms with E-state index in [-0.39, 0.29) is 6.03 Å². The third-order valence-electron chi connectivity index (χ3n) is 4.53. The molecule has 7 nitrogen and oxygen atoms in total. The predicted octanol–water partition coefficient (Wildman–Crippen LogP) is 2.00. The van der Waals surface area contributed by atoms with Crippen molar-refractivity contribution in [2.45, 2.75) is 13.8 Å². The van der Waals surface area contributed by atoms with Gasteiger partial charge in [-0.2, -0.15) is 0 Å². The SMILES string of the molecule is Cc1ccc(OCCNC(=O)N2CCN(c3ncccn3)CC2)cc1C. The molecule has 0 saturated carbocycles. The minimum absolute atomic E-state index is 0.0534. The molecule has 1 aromatic carbocycles. The molecule has 0 spiro atoms. The fourth-order valence-corrected chi connectivity index (χ4v) is 2.81. The number of urea groups is 1. The van der Waals surface area contributed by atoms with Crippen molar-refractivity contribution in [2.24, 2.45) is 0 Å². The van der Waals surface area contributed by atoms with E-state index >= 15 is 0 Å². The molecular weight excluding hydrogens is 330 g/mol. The van der Waals surface area contributed by atoms with Crippen LogP contribution < -0.4 is 15.0 Å². The number of carbonyl (C=O) groups is 1. The van der Waals surface area contributed by atoms with Crippen LogP contribution >= 0.6 is 0 Å². The van der Waals surface area contributed by atoms with E-state index < -0.39 is 0 Å². The highest BCUT2D eigenvalue weighted by Gasteiger charge is 2.22. The molecule has 0 bridgehead atoms. The first-order valence-electron chi connectivity index (χ1n) is 8.88. The van der Waals surface area contributed by atoms with Crippen LogP contribution in [0.3, 0.4) is 0 Å². The molecule has 1 N–H and O–H groups in total. The van der Waals surface area contributed by atoms with Gasteiger partial charge < -0.3 is 19.9 Å². The number of ether oxygens (including phenoxy) is 1. The van der Waals surface area contributed by atoms with Gasteiger partial charge in [-0.25, -0.2) is 14.8 Å². The van der Waals surface area contributed by atoms with E-state index in [1.165, 1.54) is 11.1 Å². The van der Waals surface area contributed by atoms with Crippen LogP contribution in [0.25, 0.3) is 0 Å². The van der Waals surface area contributed by atoms with Crippen molar-refractivity contribution in [2.75, 3.05) is 44.2 Å². The summed E-state index contributed by atoms with van der Waals surface area (Å²) in [6.45, 7) is 7.84. The van der Waals surface area contributed by atoms with E-state index in [1.54, 1.807) is 18.5 Å². The number of anilines is 1. The standard InChI is InChI=1S/C19H25N5O2/c1-15-4-5-17(14-16(15)2)26-13-8-22-19(25)24-11-9-23(10-12-24)18-20-6-3-7-21-18/h3-7,14H,8-13H2,1-2H3,(H,22,25). The molecule has 2 heterocycles. The Morgan fingerprint density at radius 1 is 1.12 bits per heavy atom. The maximum atomic E-state index is 12.3. The summed E-state index contributed by atoms with van der Waals surface area (Å²) in [4.78, 5) is 24.7. The fourth-order valence-electron chi connectivity index (χ4n) is 2.81. The van der Waals surface area contributed by atoms with Crippen LogP contribution in [0.4, 0.5) is 10.7 Å². The lowest BCUT2D eigenvalue weighted by Gasteiger charge is -2.34. The number of nitrogens with one attached hydrogen (secondary N) is 1. The normalized spacial score (nSPS) is 14.2. The Hall–Kier alpha value is -2.83. The molecule has 138 valence electrons. The zero-order valence-corrected chi connectivity index (χ0v) is 15.3. The Kier molecular flexibility index (Phi) is 5.88. The number of carbonyl (C=O) groups excluding carboxylic acids is 1. The van der Waals surface area contributed by atoms with E-state index in [0.29, 0.717) is 32.2 Å². The Bertz CT molecular complexity index is 730. The second-order valence-corrected chi connectivity index (χ2v) is 6.35. The first kappa shape index (κ1) is 18.0. The summed E-state index contributed by atoms with van der Waals surface area (Å²) in [5, 5.41) is 2.92.